The number of rotatable bonds is 9. The Morgan fingerprint density at radius 2 is 1.86 bits per heavy atom. The normalized spacial score (nSPS) is 11.5. The number of hydrogen-bond donors (Lipinski definition) is 1. The largest absolute Gasteiger partial charge is 0.490 e. The summed E-state index contributed by atoms with van der Waals surface area (Å²) in [4.78, 5) is 12.1. The zero-order valence-corrected chi connectivity index (χ0v) is 17.6. The van der Waals surface area contributed by atoms with Crippen molar-refractivity contribution < 1.29 is 17.9 Å². The van der Waals surface area contributed by atoms with Gasteiger partial charge >= 0.3 is 0 Å². The molecule has 0 fully saturated rings. The van der Waals surface area contributed by atoms with Crippen LogP contribution in [-0.2, 0) is 14.8 Å². The summed E-state index contributed by atoms with van der Waals surface area (Å²) < 4.78 is 32.0. The molecule has 0 spiro atoms. The van der Waals surface area contributed by atoms with E-state index in [1.165, 1.54) is 25.4 Å². The Kier molecular flexibility index (Phi) is 7.91. The minimum Gasteiger partial charge on any atom is -0.490 e. The van der Waals surface area contributed by atoms with E-state index in [1.807, 2.05) is 0 Å². The van der Waals surface area contributed by atoms with Crippen LogP contribution in [0, 0.1) is 0 Å². The van der Waals surface area contributed by atoms with Crippen molar-refractivity contribution in [1.82, 2.24) is 9.73 Å². The number of carbonyl (C=O) groups excluding carboxylic acids is 1. The average Bonchev–Trinajstić information content (AvgIpc) is 2.67. The minimum atomic E-state index is -3.76. The Hall–Kier alpha value is -2.49. The van der Waals surface area contributed by atoms with Gasteiger partial charge in [0.15, 0.2) is 0 Å². The van der Waals surface area contributed by atoms with Crippen LogP contribution in [0.5, 0.6) is 5.75 Å². The van der Waals surface area contributed by atoms with Gasteiger partial charge in [-0.1, -0.05) is 28.6 Å². The molecular formula is C19H20BrN3O4S. The summed E-state index contributed by atoms with van der Waals surface area (Å²) in [5, 5.41) is 3.84. The molecule has 0 atom stereocenters. The highest BCUT2D eigenvalue weighted by Gasteiger charge is 2.22. The van der Waals surface area contributed by atoms with Crippen molar-refractivity contribution in [1.29, 1.82) is 0 Å². The van der Waals surface area contributed by atoms with Crippen LogP contribution in [0.25, 0.3) is 0 Å². The number of sulfonamides is 1. The molecule has 0 unspecified atom stereocenters. The third-order valence-electron chi connectivity index (χ3n) is 3.54. The second kappa shape index (κ2) is 10.2. The van der Waals surface area contributed by atoms with E-state index in [9.17, 15) is 13.2 Å². The van der Waals surface area contributed by atoms with Gasteiger partial charge in [0.05, 0.1) is 17.7 Å². The first-order valence-electron chi connectivity index (χ1n) is 8.20. The molecule has 0 aromatic heterocycles. The highest BCUT2D eigenvalue weighted by Crippen LogP contribution is 2.17. The third-order valence-corrected chi connectivity index (χ3v) is 5.89. The van der Waals surface area contributed by atoms with Crippen LogP contribution in [-0.4, -0.2) is 45.0 Å². The van der Waals surface area contributed by atoms with E-state index in [4.69, 9.17) is 4.74 Å². The maximum absolute atomic E-state index is 12.5. The molecule has 2 aromatic carbocycles. The van der Waals surface area contributed by atoms with Crippen molar-refractivity contribution in [2.24, 2.45) is 5.10 Å². The molecule has 0 aliphatic rings. The number of nitrogens with one attached hydrogen (secondary N) is 1. The van der Waals surface area contributed by atoms with Gasteiger partial charge in [-0.3, -0.25) is 4.79 Å². The molecule has 0 heterocycles. The molecular weight excluding hydrogens is 446 g/mol. The van der Waals surface area contributed by atoms with Gasteiger partial charge < -0.3 is 4.74 Å². The number of amides is 1. The van der Waals surface area contributed by atoms with Crippen molar-refractivity contribution >= 4 is 38.1 Å². The highest BCUT2D eigenvalue weighted by atomic mass is 79.9. The van der Waals surface area contributed by atoms with Gasteiger partial charge in [0, 0.05) is 11.5 Å². The van der Waals surface area contributed by atoms with Gasteiger partial charge in [-0.25, -0.2) is 13.8 Å². The van der Waals surface area contributed by atoms with E-state index in [0.717, 1.165) is 14.3 Å². The van der Waals surface area contributed by atoms with Crippen LogP contribution in [0.15, 0.2) is 75.7 Å². The van der Waals surface area contributed by atoms with Crippen LogP contribution in [0.1, 0.15) is 5.56 Å². The quantitative estimate of drug-likeness (QED) is 0.350. The molecule has 28 heavy (non-hydrogen) atoms. The Labute approximate surface area is 172 Å². The fourth-order valence-corrected chi connectivity index (χ4v) is 3.48. The first kappa shape index (κ1) is 21.8. The lowest BCUT2D eigenvalue weighted by Gasteiger charge is -2.16. The second-order valence-electron chi connectivity index (χ2n) is 5.68. The van der Waals surface area contributed by atoms with Crippen LogP contribution < -0.4 is 10.2 Å². The predicted octanol–water partition coefficient (Wildman–Crippen LogP) is 2.78. The van der Waals surface area contributed by atoms with E-state index in [-0.39, 0.29) is 11.4 Å². The number of nitrogens with zero attached hydrogens (tertiary/aromatic N) is 2. The molecule has 7 nitrogen and oxygen atoms in total. The molecule has 9 heteroatoms. The Morgan fingerprint density at radius 3 is 2.46 bits per heavy atom. The number of likely N-dealkylation sites (N-methyl/N-ethyl adjacent to an activating group) is 1. The fourth-order valence-electron chi connectivity index (χ4n) is 2.09. The molecule has 1 amide bonds. The number of hydrogen-bond acceptors (Lipinski definition) is 5. The van der Waals surface area contributed by atoms with E-state index < -0.39 is 15.9 Å². The topological polar surface area (TPSA) is 88.1 Å². The van der Waals surface area contributed by atoms with Crippen LogP contribution >= 0.6 is 15.9 Å². The van der Waals surface area contributed by atoms with Gasteiger partial charge in [-0.2, -0.15) is 9.41 Å². The Morgan fingerprint density at radius 1 is 1.21 bits per heavy atom. The summed E-state index contributed by atoms with van der Waals surface area (Å²) in [5.74, 6) is 0.145. The number of ether oxygens (including phenoxy) is 1. The molecule has 0 bridgehead atoms. The van der Waals surface area contributed by atoms with Crippen molar-refractivity contribution in [3.63, 3.8) is 0 Å². The van der Waals surface area contributed by atoms with Gasteiger partial charge in [-0.15, -0.1) is 0 Å². The summed E-state index contributed by atoms with van der Waals surface area (Å²) in [7, 11) is -2.43. The summed E-state index contributed by atoms with van der Waals surface area (Å²) in [6.45, 7) is 3.64. The average molecular weight is 466 g/mol. The lowest BCUT2D eigenvalue weighted by atomic mass is 10.2. The molecule has 0 radical (unpaired) electrons. The van der Waals surface area contributed by atoms with Gasteiger partial charge in [0.1, 0.15) is 12.4 Å². The van der Waals surface area contributed by atoms with Crippen molar-refractivity contribution in [3.8, 4) is 5.75 Å². The van der Waals surface area contributed by atoms with Crippen molar-refractivity contribution in [2.75, 3.05) is 20.2 Å². The maximum Gasteiger partial charge on any atom is 0.255 e. The first-order valence-corrected chi connectivity index (χ1v) is 10.4. The molecule has 1 N–H and O–H groups in total. The second-order valence-corrected chi connectivity index (χ2v) is 8.64. The predicted molar refractivity (Wildman–Crippen MR) is 112 cm³/mol. The maximum atomic E-state index is 12.5. The zero-order valence-electron chi connectivity index (χ0n) is 15.2. The number of hydrazone groups is 1. The van der Waals surface area contributed by atoms with Crippen molar-refractivity contribution in [2.45, 2.75) is 4.90 Å². The Balaban J connectivity index is 1.89. The van der Waals surface area contributed by atoms with Crippen LogP contribution in [0.3, 0.4) is 0 Å². The summed E-state index contributed by atoms with van der Waals surface area (Å²) in [5.41, 5.74) is 3.07. The number of benzene rings is 2. The fraction of sp³-hybridized carbons (Fsp3) is 0.158. The van der Waals surface area contributed by atoms with E-state index in [1.54, 1.807) is 42.5 Å². The lowest BCUT2D eigenvalue weighted by molar-refractivity contribution is -0.121. The molecule has 2 aromatic rings. The molecule has 0 aliphatic heterocycles. The minimum absolute atomic E-state index is 0.105. The number of carbonyl (C=O) groups is 1. The zero-order chi connectivity index (χ0) is 20.6. The summed E-state index contributed by atoms with van der Waals surface area (Å²) in [6.07, 6.45) is 3.11. The van der Waals surface area contributed by atoms with Gasteiger partial charge in [-0.05, 0) is 54.1 Å². The van der Waals surface area contributed by atoms with Gasteiger partial charge in [0.25, 0.3) is 5.91 Å². The number of halogens is 1. The SMILES string of the molecule is C=CCOc1ccc(/C=N\NC(=O)CN(C)S(=O)(=O)c2ccc(Br)cc2)cc1. The standard InChI is InChI=1S/C19H20BrN3O4S/c1-3-12-27-17-8-4-15(5-9-17)13-21-22-19(24)14-23(2)28(25,26)18-10-6-16(20)7-11-18/h3-11,13H,1,12,14H2,2H3,(H,22,24)/b21-13-. The highest BCUT2D eigenvalue weighted by molar-refractivity contribution is 9.10. The van der Waals surface area contributed by atoms with Crippen LogP contribution in [0.4, 0.5) is 0 Å². The molecule has 0 saturated carbocycles. The van der Waals surface area contributed by atoms with Crippen LogP contribution in [0.2, 0.25) is 0 Å². The monoisotopic (exact) mass is 465 g/mol. The lowest BCUT2D eigenvalue weighted by Crippen LogP contribution is -2.36. The molecule has 0 aliphatic carbocycles. The Bertz CT molecular complexity index is 942. The van der Waals surface area contributed by atoms with E-state index in [0.29, 0.717) is 12.4 Å². The van der Waals surface area contributed by atoms with E-state index in [2.05, 4.69) is 33.0 Å². The van der Waals surface area contributed by atoms with Crippen molar-refractivity contribution in [3.05, 3.63) is 71.2 Å². The smallest absolute Gasteiger partial charge is 0.255 e. The van der Waals surface area contributed by atoms with Gasteiger partial charge in [0.2, 0.25) is 10.0 Å². The molecule has 0 saturated heterocycles. The molecule has 148 valence electrons. The third kappa shape index (κ3) is 6.29. The van der Waals surface area contributed by atoms with E-state index >= 15 is 0 Å². The summed E-state index contributed by atoms with van der Waals surface area (Å²) >= 11 is 3.25. The summed E-state index contributed by atoms with van der Waals surface area (Å²) in [6, 6.07) is 13.3. The first-order chi connectivity index (χ1) is 13.3. The molecule has 2 rings (SSSR count).